The highest BCUT2D eigenvalue weighted by molar-refractivity contribution is 5.88. The summed E-state index contributed by atoms with van der Waals surface area (Å²) >= 11 is 0. The second-order valence-corrected chi connectivity index (χ2v) is 6.89. The summed E-state index contributed by atoms with van der Waals surface area (Å²) in [7, 11) is 0. The van der Waals surface area contributed by atoms with Gasteiger partial charge in [0.15, 0.2) is 0 Å². The minimum absolute atomic E-state index is 0.177. The van der Waals surface area contributed by atoms with Gasteiger partial charge in [0.2, 0.25) is 0 Å². The Labute approximate surface area is 157 Å². The summed E-state index contributed by atoms with van der Waals surface area (Å²) in [6.45, 7) is 5.07. The Hall–Kier alpha value is -2.13. The molecule has 0 heterocycles. The van der Waals surface area contributed by atoms with E-state index in [0.717, 1.165) is 36.9 Å². The van der Waals surface area contributed by atoms with Crippen LogP contribution in [0, 0.1) is 0 Å². The van der Waals surface area contributed by atoms with Gasteiger partial charge < -0.3 is 10.4 Å². The van der Waals surface area contributed by atoms with Gasteiger partial charge in [-0.05, 0) is 41.7 Å². The molecule has 3 nitrogen and oxygen atoms in total. The average molecular weight is 354 g/mol. The molecular formula is C23H31NO2. The van der Waals surface area contributed by atoms with Crippen LogP contribution in [0.3, 0.4) is 0 Å². The van der Waals surface area contributed by atoms with Crippen LogP contribution in [0.1, 0.15) is 79.0 Å². The van der Waals surface area contributed by atoms with E-state index < -0.39 is 5.97 Å². The zero-order valence-corrected chi connectivity index (χ0v) is 16.0. The third-order valence-electron chi connectivity index (χ3n) is 4.81. The van der Waals surface area contributed by atoms with Crippen molar-refractivity contribution in [2.24, 2.45) is 0 Å². The van der Waals surface area contributed by atoms with E-state index in [2.05, 4.69) is 37.4 Å². The molecule has 0 spiro atoms. The van der Waals surface area contributed by atoms with Gasteiger partial charge in [-0.25, -0.2) is 4.79 Å². The first-order valence-electron chi connectivity index (χ1n) is 9.78. The van der Waals surface area contributed by atoms with Gasteiger partial charge in [0.05, 0.1) is 5.56 Å². The van der Waals surface area contributed by atoms with Crippen LogP contribution in [0.15, 0.2) is 48.5 Å². The number of hydrogen-bond acceptors (Lipinski definition) is 2. The van der Waals surface area contributed by atoms with Crippen molar-refractivity contribution >= 4 is 5.97 Å². The third kappa shape index (κ3) is 6.30. The van der Waals surface area contributed by atoms with Crippen LogP contribution >= 0.6 is 0 Å². The Morgan fingerprint density at radius 2 is 1.77 bits per heavy atom. The van der Waals surface area contributed by atoms with Gasteiger partial charge in [-0.2, -0.15) is 0 Å². The zero-order valence-electron chi connectivity index (χ0n) is 16.0. The van der Waals surface area contributed by atoms with Crippen LogP contribution in [0.2, 0.25) is 0 Å². The Kier molecular flexibility index (Phi) is 8.36. The van der Waals surface area contributed by atoms with Gasteiger partial charge in [0.25, 0.3) is 0 Å². The number of carbonyl (C=O) groups is 1. The number of benzene rings is 2. The molecule has 3 heteroatoms. The lowest BCUT2D eigenvalue weighted by Crippen LogP contribution is -2.21. The summed E-state index contributed by atoms with van der Waals surface area (Å²) in [4.78, 5) is 11.5. The highest BCUT2D eigenvalue weighted by atomic mass is 16.4. The van der Waals surface area contributed by atoms with Crippen molar-refractivity contribution in [2.45, 2.75) is 65.0 Å². The van der Waals surface area contributed by atoms with Crippen molar-refractivity contribution in [2.75, 3.05) is 0 Å². The zero-order chi connectivity index (χ0) is 18.8. The molecule has 2 aromatic carbocycles. The largest absolute Gasteiger partial charge is 0.478 e. The number of aryl methyl sites for hydroxylation is 1. The molecule has 0 bridgehead atoms. The molecule has 0 saturated heterocycles. The lowest BCUT2D eigenvalue weighted by Gasteiger charge is -2.21. The van der Waals surface area contributed by atoms with Crippen LogP contribution in [0.5, 0.6) is 0 Å². The first-order chi connectivity index (χ1) is 12.6. The minimum atomic E-state index is -0.852. The predicted octanol–water partition coefficient (Wildman–Crippen LogP) is 5.75. The number of rotatable bonds is 11. The van der Waals surface area contributed by atoms with Crippen molar-refractivity contribution in [3.8, 4) is 0 Å². The van der Waals surface area contributed by atoms with E-state index in [-0.39, 0.29) is 6.04 Å². The Balaban J connectivity index is 2.18. The number of carboxylic acid groups (broad SMARTS) is 1. The fourth-order valence-corrected chi connectivity index (χ4v) is 3.25. The number of aromatic carboxylic acids is 1. The summed E-state index contributed by atoms with van der Waals surface area (Å²) in [5, 5.41) is 13.1. The standard InChI is InChI=1S/C23H31NO2/c1-3-5-6-10-13-22(24-17-19-11-8-7-9-12-19)20-14-18(4-2)15-21(16-20)23(25)26/h7-9,11-12,14-16,22,24H,3-6,10,13,17H2,1-2H3,(H,25,26). The van der Waals surface area contributed by atoms with E-state index in [0.29, 0.717) is 5.56 Å². The van der Waals surface area contributed by atoms with Gasteiger partial charge in [0, 0.05) is 12.6 Å². The van der Waals surface area contributed by atoms with E-state index in [1.807, 2.05) is 24.3 Å². The van der Waals surface area contributed by atoms with Gasteiger partial charge in [-0.15, -0.1) is 0 Å². The molecule has 1 atom stereocenters. The Bertz CT molecular complexity index is 682. The molecule has 0 radical (unpaired) electrons. The van der Waals surface area contributed by atoms with Crippen molar-refractivity contribution in [3.05, 3.63) is 70.8 Å². The highest BCUT2D eigenvalue weighted by Crippen LogP contribution is 2.24. The second kappa shape index (κ2) is 10.8. The van der Waals surface area contributed by atoms with Crippen molar-refractivity contribution in [1.82, 2.24) is 5.32 Å². The molecule has 2 N–H and O–H groups in total. The van der Waals surface area contributed by atoms with Crippen LogP contribution in [0.4, 0.5) is 0 Å². The predicted molar refractivity (Wildman–Crippen MR) is 108 cm³/mol. The van der Waals surface area contributed by atoms with E-state index in [4.69, 9.17) is 0 Å². The monoisotopic (exact) mass is 353 g/mol. The first kappa shape index (κ1) is 20.2. The molecule has 0 aromatic heterocycles. The van der Waals surface area contributed by atoms with Gasteiger partial charge in [0.1, 0.15) is 0 Å². The summed E-state index contributed by atoms with van der Waals surface area (Å²) in [5.41, 5.74) is 3.81. The lowest BCUT2D eigenvalue weighted by atomic mass is 9.95. The van der Waals surface area contributed by atoms with Crippen molar-refractivity contribution in [3.63, 3.8) is 0 Å². The summed E-state index contributed by atoms with van der Waals surface area (Å²) in [5.74, 6) is -0.852. The van der Waals surface area contributed by atoms with E-state index in [9.17, 15) is 9.90 Å². The summed E-state index contributed by atoms with van der Waals surface area (Å²) < 4.78 is 0. The van der Waals surface area contributed by atoms with Crippen LogP contribution < -0.4 is 5.32 Å². The number of nitrogens with one attached hydrogen (secondary N) is 1. The fourth-order valence-electron chi connectivity index (χ4n) is 3.25. The molecule has 0 saturated carbocycles. The molecule has 0 amide bonds. The molecule has 2 aromatic rings. The molecule has 26 heavy (non-hydrogen) atoms. The molecule has 1 unspecified atom stereocenters. The quantitative estimate of drug-likeness (QED) is 0.506. The number of hydrogen-bond donors (Lipinski definition) is 2. The average Bonchev–Trinajstić information content (AvgIpc) is 2.67. The van der Waals surface area contributed by atoms with Gasteiger partial charge in [-0.3, -0.25) is 0 Å². The smallest absolute Gasteiger partial charge is 0.335 e. The molecule has 2 rings (SSSR count). The van der Waals surface area contributed by atoms with Gasteiger partial charge in [-0.1, -0.05) is 75.9 Å². The normalized spacial score (nSPS) is 12.1. The minimum Gasteiger partial charge on any atom is -0.478 e. The maximum atomic E-state index is 11.5. The van der Waals surface area contributed by atoms with Crippen LogP contribution in [-0.4, -0.2) is 11.1 Å². The summed E-state index contributed by atoms with van der Waals surface area (Å²) in [6, 6.07) is 16.3. The second-order valence-electron chi connectivity index (χ2n) is 6.89. The molecule has 0 aliphatic rings. The Morgan fingerprint density at radius 3 is 2.42 bits per heavy atom. The molecule has 0 aliphatic carbocycles. The SMILES string of the molecule is CCCCCCC(NCc1ccccc1)c1cc(CC)cc(C(=O)O)c1. The lowest BCUT2D eigenvalue weighted by molar-refractivity contribution is 0.0696. The maximum Gasteiger partial charge on any atom is 0.335 e. The summed E-state index contributed by atoms with van der Waals surface area (Å²) in [6.07, 6.45) is 6.71. The highest BCUT2D eigenvalue weighted by Gasteiger charge is 2.15. The third-order valence-corrected chi connectivity index (χ3v) is 4.81. The topological polar surface area (TPSA) is 49.3 Å². The van der Waals surface area contributed by atoms with E-state index in [1.54, 1.807) is 6.07 Å². The molecule has 0 aliphatic heterocycles. The first-order valence-corrected chi connectivity index (χ1v) is 9.78. The van der Waals surface area contributed by atoms with Crippen LogP contribution in [0.25, 0.3) is 0 Å². The van der Waals surface area contributed by atoms with E-state index >= 15 is 0 Å². The molecule has 0 fully saturated rings. The maximum absolute atomic E-state index is 11.5. The van der Waals surface area contributed by atoms with Crippen molar-refractivity contribution < 1.29 is 9.90 Å². The van der Waals surface area contributed by atoms with Crippen LogP contribution in [-0.2, 0) is 13.0 Å². The van der Waals surface area contributed by atoms with Crippen molar-refractivity contribution in [1.29, 1.82) is 0 Å². The molecule has 140 valence electrons. The number of unbranched alkanes of at least 4 members (excludes halogenated alkanes) is 3. The molecular weight excluding hydrogens is 322 g/mol. The number of carboxylic acids is 1. The Morgan fingerprint density at radius 1 is 1.00 bits per heavy atom. The van der Waals surface area contributed by atoms with Gasteiger partial charge >= 0.3 is 5.97 Å². The fraction of sp³-hybridized carbons (Fsp3) is 0.435. The van der Waals surface area contributed by atoms with E-state index in [1.165, 1.54) is 24.8 Å².